The lowest BCUT2D eigenvalue weighted by atomic mass is 10.2. The van der Waals surface area contributed by atoms with Gasteiger partial charge in [-0.3, -0.25) is 9.40 Å². The molecule has 0 saturated carbocycles. The Balaban J connectivity index is 1.96. The highest BCUT2D eigenvalue weighted by atomic mass is 35.5. The summed E-state index contributed by atoms with van der Waals surface area (Å²) in [5, 5.41) is 5.35. The maximum absolute atomic E-state index is 12.6. The maximum Gasteiger partial charge on any atom is 0.265 e. The zero-order valence-electron chi connectivity index (χ0n) is 12.8. The van der Waals surface area contributed by atoms with Crippen LogP contribution in [0.1, 0.15) is 19.0 Å². The molecule has 0 aliphatic carbocycles. The van der Waals surface area contributed by atoms with Crippen molar-refractivity contribution in [1.82, 2.24) is 14.8 Å². The summed E-state index contributed by atoms with van der Waals surface area (Å²) in [7, 11) is -1.93. The number of hydrogen-bond donors (Lipinski definition) is 2. The van der Waals surface area contributed by atoms with Gasteiger partial charge in [-0.15, -0.1) is 0 Å². The molecule has 0 fully saturated rings. The molecule has 0 bridgehead atoms. The second kappa shape index (κ2) is 5.90. The van der Waals surface area contributed by atoms with Crippen LogP contribution in [-0.2, 0) is 23.5 Å². The van der Waals surface area contributed by atoms with E-state index >= 15 is 0 Å². The van der Waals surface area contributed by atoms with E-state index in [0.717, 1.165) is 18.5 Å². The van der Waals surface area contributed by atoms with Gasteiger partial charge in [0.25, 0.3) is 10.0 Å². The molecular weight excluding hydrogens is 336 g/mol. The molecule has 0 unspecified atom stereocenters. The summed E-state index contributed by atoms with van der Waals surface area (Å²) in [6, 6.07) is 6.79. The van der Waals surface area contributed by atoms with Crippen molar-refractivity contribution in [3.8, 4) is 0 Å². The lowest BCUT2D eigenvalue weighted by molar-refractivity contribution is 0.601. The Hall–Kier alpha value is -1.99. The van der Waals surface area contributed by atoms with Gasteiger partial charge in [0.05, 0.1) is 0 Å². The van der Waals surface area contributed by atoms with Crippen LogP contribution in [0.25, 0.3) is 10.9 Å². The van der Waals surface area contributed by atoms with Crippen molar-refractivity contribution in [2.45, 2.75) is 24.7 Å². The summed E-state index contributed by atoms with van der Waals surface area (Å²) in [6.45, 7) is 2.06. The first-order valence-corrected chi connectivity index (χ1v) is 9.09. The zero-order chi connectivity index (χ0) is 16.6. The third-order valence-electron chi connectivity index (χ3n) is 3.62. The maximum atomic E-state index is 12.6. The molecule has 0 saturated heterocycles. The lowest BCUT2D eigenvalue weighted by Crippen LogP contribution is -2.13. The number of nitrogens with one attached hydrogen (secondary N) is 2. The van der Waals surface area contributed by atoms with Crippen molar-refractivity contribution in [1.29, 1.82) is 0 Å². The number of fused-ring (bicyclic) bond motifs is 1. The molecule has 3 aromatic rings. The normalized spacial score (nSPS) is 12.0. The zero-order valence-corrected chi connectivity index (χ0v) is 14.4. The van der Waals surface area contributed by atoms with Crippen molar-refractivity contribution >= 4 is 38.3 Å². The van der Waals surface area contributed by atoms with Crippen LogP contribution in [0.5, 0.6) is 0 Å². The number of H-pyrrole nitrogens is 1. The monoisotopic (exact) mass is 352 g/mol. The van der Waals surface area contributed by atoms with Gasteiger partial charge in [0.1, 0.15) is 4.90 Å². The third-order valence-corrected chi connectivity index (χ3v) is 5.25. The van der Waals surface area contributed by atoms with Gasteiger partial charge in [-0.2, -0.15) is 5.10 Å². The Bertz CT molecular complexity index is 959. The molecule has 2 heterocycles. The largest absolute Gasteiger partial charge is 0.360 e. The molecule has 0 radical (unpaired) electrons. The molecule has 8 heteroatoms. The van der Waals surface area contributed by atoms with E-state index in [1.165, 1.54) is 6.20 Å². The molecule has 3 rings (SSSR count). The highest BCUT2D eigenvalue weighted by Crippen LogP contribution is 2.26. The molecule has 23 heavy (non-hydrogen) atoms. The highest BCUT2D eigenvalue weighted by molar-refractivity contribution is 7.93. The number of nitrogens with zero attached hydrogens (tertiary/aromatic N) is 2. The summed E-state index contributed by atoms with van der Waals surface area (Å²) >= 11 is 5.92. The molecule has 0 atom stereocenters. The van der Waals surface area contributed by atoms with E-state index in [9.17, 15) is 8.42 Å². The minimum atomic E-state index is -3.73. The van der Waals surface area contributed by atoms with Gasteiger partial charge in [-0.05, 0) is 24.6 Å². The van der Waals surface area contributed by atoms with Gasteiger partial charge in [0.15, 0.2) is 5.82 Å². The summed E-state index contributed by atoms with van der Waals surface area (Å²) in [5.74, 6) is 0.319. The Morgan fingerprint density at radius 3 is 2.87 bits per heavy atom. The molecule has 2 N–H and O–H groups in total. The van der Waals surface area contributed by atoms with Crippen LogP contribution in [0.15, 0.2) is 35.4 Å². The van der Waals surface area contributed by atoms with E-state index < -0.39 is 10.0 Å². The van der Waals surface area contributed by atoms with E-state index in [1.807, 2.05) is 0 Å². The predicted octanol–water partition coefficient (Wildman–Crippen LogP) is 3.31. The Kier molecular flexibility index (Phi) is 4.08. The van der Waals surface area contributed by atoms with Crippen molar-refractivity contribution in [2.75, 3.05) is 4.72 Å². The van der Waals surface area contributed by atoms with Crippen LogP contribution in [0, 0.1) is 0 Å². The average molecular weight is 353 g/mol. The van der Waals surface area contributed by atoms with Gasteiger partial charge in [-0.25, -0.2) is 8.42 Å². The Morgan fingerprint density at radius 1 is 1.35 bits per heavy atom. The second-order valence-electron chi connectivity index (χ2n) is 5.34. The first-order valence-electron chi connectivity index (χ1n) is 7.23. The van der Waals surface area contributed by atoms with E-state index in [1.54, 1.807) is 36.0 Å². The topological polar surface area (TPSA) is 79.8 Å². The number of halogens is 1. The van der Waals surface area contributed by atoms with Crippen LogP contribution in [-0.4, -0.2) is 23.2 Å². The number of hydrogen-bond acceptors (Lipinski definition) is 3. The van der Waals surface area contributed by atoms with Crippen molar-refractivity contribution in [3.63, 3.8) is 0 Å². The highest BCUT2D eigenvalue weighted by Gasteiger charge is 2.20. The van der Waals surface area contributed by atoms with E-state index in [-0.39, 0.29) is 4.90 Å². The fourth-order valence-electron chi connectivity index (χ4n) is 2.53. The van der Waals surface area contributed by atoms with Gasteiger partial charge in [-0.1, -0.05) is 24.9 Å². The molecule has 2 aromatic heterocycles. The number of anilines is 1. The van der Waals surface area contributed by atoms with Crippen molar-refractivity contribution < 1.29 is 8.42 Å². The van der Waals surface area contributed by atoms with Crippen LogP contribution >= 0.6 is 11.6 Å². The number of rotatable bonds is 5. The average Bonchev–Trinajstić information content (AvgIpc) is 3.03. The molecule has 6 nitrogen and oxygen atoms in total. The second-order valence-corrected chi connectivity index (χ2v) is 7.43. The SMILES string of the molecule is CCCc1cc(NS(=O)(=O)c2c[nH]c3cc(Cl)ccc23)nn1C. The van der Waals surface area contributed by atoms with Crippen molar-refractivity contribution in [2.24, 2.45) is 7.05 Å². The summed E-state index contributed by atoms with van der Waals surface area (Å²) < 4.78 is 29.5. The lowest BCUT2D eigenvalue weighted by Gasteiger charge is -2.04. The molecule has 0 aliphatic heterocycles. The van der Waals surface area contributed by atoms with Crippen LogP contribution in [0.3, 0.4) is 0 Å². The first-order chi connectivity index (χ1) is 10.9. The molecule has 122 valence electrons. The van der Waals surface area contributed by atoms with E-state index in [0.29, 0.717) is 21.7 Å². The quantitative estimate of drug-likeness (QED) is 0.739. The number of aryl methyl sites for hydroxylation is 2. The van der Waals surface area contributed by atoms with Crippen LogP contribution in [0.2, 0.25) is 5.02 Å². The standard InChI is InChI=1S/C15H17ClN4O2S/c1-3-4-11-8-15(18-20(11)2)19-23(21,22)14-9-17-13-7-10(16)5-6-12(13)14/h5-9,17H,3-4H2,1-2H3,(H,18,19). The number of sulfonamides is 1. The third kappa shape index (κ3) is 3.07. The molecule has 0 amide bonds. The molecule has 1 aromatic carbocycles. The number of aromatic amines is 1. The number of benzene rings is 1. The van der Waals surface area contributed by atoms with E-state index in [4.69, 9.17) is 11.6 Å². The van der Waals surface area contributed by atoms with Gasteiger partial charge >= 0.3 is 0 Å². The molecule has 0 spiro atoms. The minimum absolute atomic E-state index is 0.173. The summed E-state index contributed by atoms with van der Waals surface area (Å²) in [6.07, 6.45) is 3.27. The smallest absolute Gasteiger partial charge is 0.265 e. The van der Waals surface area contributed by atoms with Gasteiger partial charge in [0.2, 0.25) is 0 Å². The van der Waals surface area contributed by atoms with Gasteiger partial charge in [0, 0.05) is 40.9 Å². The van der Waals surface area contributed by atoms with Crippen molar-refractivity contribution in [3.05, 3.63) is 41.2 Å². The fourth-order valence-corrected chi connectivity index (χ4v) is 3.87. The van der Waals surface area contributed by atoms with Gasteiger partial charge < -0.3 is 4.98 Å². The number of aromatic nitrogens is 3. The Labute approximate surface area is 139 Å². The van der Waals surface area contributed by atoms with Crippen LogP contribution in [0.4, 0.5) is 5.82 Å². The molecule has 0 aliphatic rings. The summed E-state index contributed by atoms with van der Waals surface area (Å²) in [5.41, 5.74) is 1.65. The van der Waals surface area contributed by atoms with E-state index in [2.05, 4.69) is 21.7 Å². The summed E-state index contributed by atoms with van der Waals surface area (Å²) in [4.78, 5) is 3.10. The fraction of sp³-hybridized carbons (Fsp3) is 0.267. The minimum Gasteiger partial charge on any atom is -0.360 e. The van der Waals surface area contributed by atoms with Crippen LogP contribution < -0.4 is 4.72 Å². The molecular formula is C15H17ClN4O2S. The Morgan fingerprint density at radius 2 is 2.13 bits per heavy atom. The first kappa shape index (κ1) is 15.9. The predicted molar refractivity (Wildman–Crippen MR) is 91.3 cm³/mol.